The molecule has 0 unspecified atom stereocenters. The Bertz CT molecular complexity index is 2030. The number of rotatable bonds is 8. The Kier molecular flexibility index (Phi) is 9.08. The van der Waals surface area contributed by atoms with Gasteiger partial charge in [0.25, 0.3) is 0 Å². The standard InChI is InChI=1S/C34H32N4O4.Co/c1-7-21-17(3)25-13-26-19(5)23(9-11-33(39)40)31(37-26)16-32-24(10-12-34(41)42)20(6)28(38-32)15-30-22(8-2)18(4)27(36-30)14-29(21)35-25;/h7-8,13-16H,1-2,9-12H2,3-6H3,(H,39,40)(H,41,42);/q-4;/b25-13?,26-13-,27-14-,28-15?,29-14?,30-15-,31-16-,32-16?;. The zero-order valence-corrected chi connectivity index (χ0v) is 25.6. The number of carbonyl (C=O) groups is 2. The number of carboxylic acids is 2. The van der Waals surface area contributed by atoms with Crippen LogP contribution in [0.1, 0.15) is 80.1 Å². The van der Waals surface area contributed by atoms with Crippen LogP contribution in [0.15, 0.2) is 13.2 Å². The van der Waals surface area contributed by atoms with Gasteiger partial charge in [-0.25, -0.2) is 0 Å². The largest absolute Gasteiger partial charge is 0.657 e. The summed E-state index contributed by atoms with van der Waals surface area (Å²) in [4.78, 5) is 42.7. The zero-order chi connectivity index (χ0) is 30.3. The van der Waals surface area contributed by atoms with Crippen LogP contribution in [0.2, 0.25) is 0 Å². The van der Waals surface area contributed by atoms with Crippen LogP contribution in [0.4, 0.5) is 0 Å². The summed E-state index contributed by atoms with van der Waals surface area (Å²) in [7, 11) is 0. The minimum atomic E-state index is -0.898. The van der Waals surface area contributed by atoms with Gasteiger partial charge in [-0.05, 0) is 51.7 Å². The molecule has 0 aromatic carbocycles. The Hall–Kier alpha value is -4.47. The molecular weight excluding hydrogens is 587 g/mol. The Balaban J connectivity index is 0.00000423. The summed E-state index contributed by atoms with van der Waals surface area (Å²) in [5, 5.41) is 21.7. The first-order valence-corrected chi connectivity index (χ1v) is 13.8. The minimum Gasteiger partial charge on any atom is -0.657 e. The summed E-state index contributed by atoms with van der Waals surface area (Å²) >= 11 is 0. The van der Waals surface area contributed by atoms with E-state index in [-0.39, 0.29) is 29.6 Å². The molecule has 8 bridgehead atoms. The maximum atomic E-state index is 11.5. The third kappa shape index (κ3) is 5.91. The van der Waals surface area contributed by atoms with Gasteiger partial charge in [-0.2, -0.15) is 0 Å². The van der Waals surface area contributed by atoms with Crippen molar-refractivity contribution in [1.29, 1.82) is 0 Å². The molecule has 8 nitrogen and oxygen atoms in total. The Labute approximate surface area is 259 Å². The third-order valence-electron chi connectivity index (χ3n) is 8.06. The van der Waals surface area contributed by atoms with E-state index in [9.17, 15) is 19.8 Å². The number of nitrogens with zero attached hydrogens (tertiary/aromatic N) is 4. The fourth-order valence-corrected chi connectivity index (χ4v) is 5.61. The molecule has 9 heteroatoms. The van der Waals surface area contributed by atoms with Crippen LogP contribution in [-0.2, 0) is 39.2 Å². The first-order chi connectivity index (χ1) is 20.0. The van der Waals surface area contributed by atoms with Crippen molar-refractivity contribution >= 4 is 48.4 Å². The van der Waals surface area contributed by atoms with E-state index in [0.717, 1.165) is 61.2 Å². The van der Waals surface area contributed by atoms with E-state index in [1.165, 1.54) is 0 Å². The summed E-state index contributed by atoms with van der Waals surface area (Å²) in [5.74, 6) is -1.80. The van der Waals surface area contributed by atoms with Gasteiger partial charge in [-0.3, -0.25) is 9.59 Å². The molecule has 0 saturated heterocycles. The summed E-state index contributed by atoms with van der Waals surface area (Å²) in [6, 6.07) is 0. The molecule has 4 aromatic rings. The number of aliphatic carboxylic acids is 2. The Morgan fingerprint density at radius 1 is 0.605 bits per heavy atom. The Morgan fingerprint density at radius 2 is 1.09 bits per heavy atom. The van der Waals surface area contributed by atoms with Crippen molar-refractivity contribution in [2.45, 2.75) is 53.4 Å². The van der Waals surface area contributed by atoms with E-state index < -0.39 is 11.9 Å². The van der Waals surface area contributed by atoms with Gasteiger partial charge in [0.1, 0.15) is 0 Å². The van der Waals surface area contributed by atoms with Crippen LogP contribution in [0.5, 0.6) is 0 Å². The number of hydrogen-bond donors (Lipinski definition) is 2. The Morgan fingerprint density at radius 3 is 1.72 bits per heavy atom. The van der Waals surface area contributed by atoms with E-state index in [0.29, 0.717) is 40.3 Å². The molecule has 0 amide bonds. The van der Waals surface area contributed by atoms with Crippen molar-refractivity contribution in [2.24, 2.45) is 0 Å². The molecule has 0 fully saturated rings. The first-order valence-electron chi connectivity index (χ1n) is 13.8. The summed E-state index contributed by atoms with van der Waals surface area (Å²) < 4.78 is 0. The van der Waals surface area contributed by atoms with Crippen molar-refractivity contribution in [3.63, 3.8) is 0 Å². The second kappa shape index (κ2) is 12.4. The van der Waals surface area contributed by atoms with Crippen molar-refractivity contribution in [2.75, 3.05) is 0 Å². The summed E-state index contributed by atoms with van der Waals surface area (Å²) in [6.07, 6.45) is 11.7. The first kappa shape index (κ1) is 31.5. The second-order valence-electron chi connectivity index (χ2n) is 10.6. The summed E-state index contributed by atoms with van der Waals surface area (Å²) in [6.45, 7) is 15.9. The monoisotopic (exact) mass is 619 g/mol. The van der Waals surface area contributed by atoms with Crippen LogP contribution >= 0.6 is 0 Å². The summed E-state index contributed by atoms with van der Waals surface area (Å²) in [5.41, 5.74) is 9.84. The molecule has 0 atom stereocenters. The fraction of sp³-hybridized carbons (Fsp3) is 0.235. The predicted molar refractivity (Wildman–Crippen MR) is 163 cm³/mol. The number of hydrogen-bond acceptors (Lipinski definition) is 2. The van der Waals surface area contributed by atoms with Crippen molar-refractivity contribution in [3.05, 3.63) is 102 Å². The average Bonchev–Trinajstić information content (AvgIpc) is 3.59. The maximum Gasteiger partial charge on any atom is 0.303 e. The quantitative estimate of drug-likeness (QED) is 0.269. The van der Waals surface area contributed by atoms with Crippen molar-refractivity contribution < 1.29 is 36.6 Å². The van der Waals surface area contributed by atoms with Crippen LogP contribution in [0, 0.1) is 27.7 Å². The molecule has 5 rings (SSSR count). The molecule has 0 spiro atoms. The van der Waals surface area contributed by atoms with Gasteiger partial charge in [0.05, 0.1) is 0 Å². The zero-order valence-electron chi connectivity index (χ0n) is 24.5. The van der Waals surface area contributed by atoms with Crippen LogP contribution in [0.3, 0.4) is 0 Å². The SMILES string of the molecule is C=Cc1c2[n-]c(c1C)/C=c1\[n-]/c(c(CCC(=O)O)c1C)=C\c1[n-]c(c(C)c1CCC(=O)O)/C=c1\[n-]/c(c(C)c1C=C)=C\2.[Co]. The van der Waals surface area contributed by atoms with Gasteiger partial charge in [0, 0.05) is 29.6 Å². The van der Waals surface area contributed by atoms with Gasteiger partial charge in [0.15, 0.2) is 0 Å². The molecule has 5 heterocycles. The van der Waals surface area contributed by atoms with Crippen LogP contribution in [-0.4, -0.2) is 22.2 Å². The second-order valence-corrected chi connectivity index (χ2v) is 10.6. The number of fused-ring (bicyclic) bond motifs is 8. The third-order valence-corrected chi connectivity index (χ3v) is 8.06. The van der Waals surface area contributed by atoms with E-state index in [1.807, 2.05) is 52.0 Å². The predicted octanol–water partition coefficient (Wildman–Crippen LogP) is 1.70. The minimum absolute atomic E-state index is 0. The van der Waals surface area contributed by atoms with Gasteiger partial charge in [-0.15, -0.1) is 44.2 Å². The van der Waals surface area contributed by atoms with Gasteiger partial charge in [-0.1, -0.05) is 83.0 Å². The van der Waals surface area contributed by atoms with Gasteiger partial charge < -0.3 is 30.1 Å². The molecule has 2 N–H and O–H groups in total. The van der Waals surface area contributed by atoms with Gasteiger partial charge in [0.2, 0.25) is 0 Å². The molecule has 4 aromatic heterocycles. The van der Waals surface area contributed by atoms with E-state index in [2.05, 4.69) is 13.2 Å². The van der Waals surface area contributed by atoms with E-state index >= 15 is 0 Å². The molecule has 0 saturated carbocycles. The van der Waals surface area contributed by atoms with Crippen LogP contribution in [0.25, 0.3) is 36.5 Å². The van der Waals surface area contributed by atoms with Crippen molar-refractivity contribution in [1.82, 2.24) is 19.9 Å². The molecular formula is C34H32CoN4O4-4. The molecule has 43 heavy (non-hydrogen) atoms. The van der Waals surface area contributed by atoms with E-state index in [1.54, 1.807) is 12.2 Å². The fourth-order valence-electron chi connectivity index (χ4n) is 5.61. The topological polar surface area (TPSA) is 131 Å². The number of carboxylic acid groups (broad SMARTS) is 2. The number of aromatic nitrogens is 4. The normalized spacial score (nSPS) is 15.0. The molecule has 0 aliphatic carbocycles. The molecule has 225 valence electrons. The average molecular weight is 620 g/mol. The molecule has 1 aliphatic heterocycles. The van der Waals surface area contributed by atoms with E-state index in [4.69, 9.17) is 19.9 Å². The van der Waals surface area contributed by atoms with Gasteiger partial charge >= 0.3 is 11.9 Å². The van der Waals surface area contributed by atoms with Crippen LogP contribution < -0.4 is 41.3 Å². The maximum absolute atomic E-state index is 11.5. The smallest absolute Gasteiger partial charge is 0.303 e. The molecule has 1 aliphatic rings. The molecule has 1 radical (unpaired) electrons. The van der Waals surface area contributed by atoms with Crippen molar-refractivity contribution in [3.8, 4) is 0 Å².